The second-order valence-electron chi connectivity index (χ2n) is 4.06. The maximum atomic E-state index is 5.63. The molecule has 0 saturated carbocycles. The van der Waals surface area contributed by atoms with Crippen molar-refractivity contribution in [2.45, 2.75) is 12.2 Å². The van der Waals surface area contributed by atoms with E-state index in [1.54, 1.807) is 26.6 Å². The molecule has 3 nitrogen and oxygen atoms in total. The molecule has 2 aromatic rings. The van der Waals surface area contributed by atoms with Crippen LogP contribution >= 0.6 is 0 Å². The van der Waals surface area contributed by atoms with Crippen LogP contribution in [0.15, 0.2) is 54.9 Å². The van der Waals surface area contributed by atoms with Crippen LogP contribution < -0.4 is 0 Å². The van der Waals surface area contributed by atoms with Crippen molar-refractivity contribution in [2.24, 2.45) is 0 Å². The molecule has 0 unspecified atom stereocenters. The van der Waals surface area contributed by atoms with Crippen molar-refractivity contribution < 1.29 is 9.47 Å². The van der Waals surface area contributed by atoms with E-state index in [4.69, 9.17) is 9.47 Å². The molecular weight excluding hydrogens is 226 g/mol. The van der Waals surface area contributed by atoms with Crippen LogP contribution in [0.2, 0.25) is 0 Å². The third-order valence-corrected chi connectivity index (χ3v) is 3.06. The fraction of sp³-hybridized carbons (Fsp3) is 0.267. The summed E-state index contributed by atoms with van der Waals surface area (Å²) in [4.78, 5) is 4.02. The van der Waals surface area contributed by atoms with E-state index in [9.17, 15) is 0 Å². The minimum Gasteiger partial charge on any atom is -0.349 e. The first kappa shape index (κ1) is 12.7. The first-order valence-electron chi connectivity index (χ1n) is 5.85. The van der Waals surface area contributed by atoms with Crippen molar-refractivity contribution in [3.8, 4) is 0 Å². The van der Waals surface area contributed by atoms with Gasteiger partial charge < -0.3 is 9.47 Å². The van der Waals surface area contributed by atoms with Crippen LogP contribution in [0.25, 0.3) is 0 Å². The average Bonchev–Trinajstić information content (AvgIpc) is 2.47. The number of hydrogen-bond acceptors (Lipinski definition) is 3. The van der Waals surface area contributed by atoms with Crippen molar-refractivity contribution in [3.05, 3.63) is 66.0 Å². The van der Waals surface area contributed by atoms with E-state index in [0.717, 1.165) is 11.1 Å². The lowest BCUT2D eigenvalue weighted by Crippen LogP contribution is -2.33. The van der Waals surface area contributed by atoms with Crippen molar-refractivity contribution in [3.63, 3.8) is 0 Å². The highest BCUT2D eigenvalue weighted by molar-refractivity contribution is 5.23. The highest BCUT2D eigenvalue weighted by Gasteiger charge is 2.32. The molecule has 0 radical (unpaired) electrons. The Kier molecular flexibility index (Phi) is 4.07. The fourth-order valence-corrected chi connectivity index (χ4v) is 2.04. The summed E-state index contributed by atoms with van der Waals surface area (Å²) in [7, 11) is 3.32. The minimum absolute atomic E-state index is 0.658. The lowest BCUT2D eigenvalue weighted by atomic mass is 9.98. The summed E-state index contributed by atoms with van der Waals surface area (Å²) in [6.07, 6.45) is 4.14. The summed E-state index contributed by atoms with van der Waals surface area (Å²) in [6.45, 7) is 0. The van der Waals surface area contributed by atoms with Gasteiger partial charge in [-0.1, -0.05) is 30.3 Å². The summed E-state index contributed by atoms with van der Waals surface area (Å²) >= 11 is 0. The van der Waals surface area contributed by atoms with Crippen molar-refractivity contribution >= 4 is 0 Å². The van der Waals surface area contributed by atoms with Crippen molar-refractivity contribution in [1.29, 1.82) is 0 Å². The molecule has 1 aromatic heterocycles. The van der Waals surface area contributed by atoms with E-state index in [2.05, 4.69) is 17.1 Å². The van der Waals surface area contributed by atoms with Crippen LogP contribution in [0.1, 0.15) is 11.1 Å². The van der Waals surface area contributed by atoms with Gasteiger partial charge in [0.25, 0.3) is 0 Å². The maximum absolute atomic E-state index is 5.63. The molecule has 0 aliphatic carbocycles. The van der Waals surface area contributed by atoms with Crippen LogP contribution in [-0.2, 0) is 21.7 Å². The van der Waals surface area contributed by atoms with Crippen molar-refractivity contribution in [2.75, 3.05) is 14.2 Å². The average molecular weight is 243 g/mol. The Hall–Kier alpha value is -1.71. The maximum Gasteiger partial charge on any atom is 0.198 e. The highest BCUT2D eigenvalue weighted by atomic mass is 16.7. The molecule has 0 bridgehead atoms. The smallest absolute Gasteiger partial charge is 0.198 e. The molecule has 0 amide bonds. The molecule has 0 atom stereocenters. The zero-order valence-corrected chi connectivity index (χ0v) is 10.7. The highest BCUT2D eigenvalue weighted by Crippen LogP contribution is 2.29. The fourth-order valence-electron chi connectivity index (χ4n) is 2.04. The molecule has 3 heteroatoms. The number of hydrogen-bond donors (Lipinski definition) is 0. The van der Waals surface area contributed by atoms with Gasteiger partial charge in [-0.15, -0.1) is 0 Å². The molecule has 94 valence electrons. The molecule has 0 aliphatic rings. The molecule has 1 heterocycles. The number of benzene rings is 1. The number of ether oxygens (including phenoxy) is 2. The van der Waals surface area contributed by atoms with Gasteiger partial charge in [0.2, 0.25) is 0 Å². The number of methoxy groups -OCH3 is 2. The second kappa shape index (κ2) is 5.76. The predicted octanol–water partition coefficient (Wildman–Crippen LogP) is 2.77. The standard InChI is InChI=1S/C15H17NO2/c1-17-15(18-2,14-8-10-16-11-9-14)12-13-6-4-3-5-7-13/h3-11H,12H2,1-2H3. The Morgan fingerprint density at radius 3 is 2.11 bits per heavy atom. The third kappa shape index (κ3) is 2.58. The Morgan fingerprint density at radius 2 is 1.56 bits per heavy atom. The first-order valence-corrected chi connectivity index (χ1v) is 5.85. The lowest BCUT2D eigenvalue weighted by molar-refractivity contribution is -0.215. The number of nitrogens with zero attached hydrogens (tertiary/aromatic N) is 1. The SMILES string of the molecule is COC(Cc1ccccc1)(OC)c1ccncc1. The van der Waals surface area contributed by atoms with Gasteiger partial charge in [-0.3, -0.25) is 4.98 Å². The van der Waals surface area contributed by atoms with Gasteiger partial charge in [-0.25, -0.2) is 0 Å². The molecule has 0 spiro atoms. The number of aromatic nitrogens is 1. The molecule has 2 rings (SSSR count). The van der Waals surface area contributed by atoms with Crippen LogP contribution in [-0.4, -0.2) is 19.2 Å². The Balaban J connectivity index is 2.33. The van der Waals surface area contributed by atoms with Crippen LogP contribution in [0.4, 0.5) is 0 Å². The molecule has 0 saturated heterocycles. The lowest BCUT2D eigenvalue weighted by Gasteiger charge is -2.31. The molecule has 18 heavy (non-hydrogen) atoms. The van der Waals surface area contributed by atoms with Gasteiger partial charge in [0.15, 0.2) is 5.79 Å². The van der Waals surface area contributed by atoms with Gasteiger partial charge >= 0.3 is 0 Å². The molecule has 0 fully saturated rings. The summed E-state index contributed by atoms with van der Waals surface area (Å²) in [6, 6.07) is 14.0. The van der Waals surface area contributed by atoms with E-state index in [1.165, 1.54) is 0 Å². The predicted molar refractivity (Wildman–Crippen MR) is 70.1 cm³/mol. The van der Waals surface area contributed by atoms with Crippen LogP contribution in [0.5, 0.6) is 0 Å². The number of rotatable bonds is 5. The van der Waals surface area contributed by atoms with Gasteiger partial charge in [-0.2, -0.15) is 0 Å². The zero-order valence-electron chi connectivity index (χ0n) is 10.7. The first-order chi connectivity index (χ1) is 8.80. The van der Waals surface area contributed by atoms with Gasteiger partial charge in [0, 0.05) is 38.6 Å². The zero-order chi connectivity index (χ0) is 12.8. The van der Waals surface area contributed by atoms with E-state index in [-0.39, 0.29) is 0 Å². The van der Waals surface area contributed by atoms with Gasteiger partial charge in [-0.05, 0) is 17.7 Å². The largest absolute Gasteiger partial charge is 0.349 e. The van der Waals surface area contributed by atoms with Crippen molar-refractivity contribution in [1.82, 2.24) is 4.98 Å². The van der Waals surface area contributed by atoms with Crippen LogP contribution in [0, 0.1) is 0 Å². The summed E-state index contributed by atoms with van der Waals surface area (Å²) < 4.78 is 11.3. The van der Waals surface area contributed by atoms with E-state index in [0.29, 0.717) is 6.42 Å². The van der Waals surface area contributed by atoms with Gasteiger partial charge in [0.1, 0.15) is 0 Å². The Morgan fingerprint density at radius 1 is 0.944 bits per heavy atom. The summed E-state index contributed by atoms with van der Waals surface area (Å²) in [5.41, 5.74) is 2.13. The van der Waals surface area contributed by atoms with E-state index in [1.807, 2.05) is 30.3 Å². The Bertz CT molecular complexity index is 466. The van der Waals surface area contributed by atoms with Crippen LogP contribution in [0.3, 0.4) is 0 Å². The molecular formula is C15H17NO2. The van der Waals surface area contributed by atoms with E-state index >= 15 is 0 Å². The van der Waals surface area contributed by atoms with Gasteiger partial charge in [0.05, 0.1) is 0 Å². The molecule has 0 aliphatic heterocycles. The topological polar surface area (TPSA) is 31.4 Å². The molecule has 0 N–H and O–H groups in total. The third-order valence-electron chi connectivity index (χ3n) is 3.06. The monoisotopic (exact) mass is 243 g/mol. The normalized spacial score (nSPS) is 11.4. The minimum atomic E-state index is -0.760. The van der Waals surface area contributed by atoms with E-state index < -0.39 is 5.79 Å². The summed E-state index contributed by atoms with van der Waals surface area (Å²) in [5, 5.41) is 0. The summed E-state index contributed by atoms with van der Waals surface area (Å²) in [5.74, 6) is -0.760. The second-order valence-corrected chi connectivity index (χ2v) is 4.06. The number of pyridine rings is 1. The molecule has 1 aromatic carbocycles. The quantitative estimate of drug-likeness (QED) is 0.757. The Labute approximate surface area is 107 Å².